The van der Waals surface area contributed by atoms with E-state index in [4.69, 9.17) is 14.2 Å². The average Bonchev–Trinajstić information content (AvgIpc) is 3.64. The Balaban J connectivity index is 1.50. The lowest BCUT2D eigenvalue weighted by Crippen LogP contribution is -2.53. The summed E-state index contributed by atoms with van der Waals surface area (Å²) >= 11 is 0. The lowest BCUT2D eigenvalue weighted by atomic mass is 9.95. The molecule has 46 heavy (non-hydrogen) atoms. The Hall–Kier alpha value is -4.87. The van der Waals surface area contributed by atoms with E-state index in [1.54, 1.807) is 51.3 Å². The zero-order valence-corrected chi connectivity index (χ0v) is 27.1. The predicted octanol–water partition coefficient (Wildman–Crippen LogP) is 3.38. The summed E-state index contributed by atoms with van der Waals surface area (Å²) in [5, 5.41) is 9.01. The van der Waals surface area contributed by atoms with Crippen molar-refractivity contribution in [2.45, 2.75) is 59.0 Å². The zero-order chi connectivity index (χ0) is 33.5. The molecule has 0 aliphatic carbocycles. The summed E-state index contributed by atoms with van der Waals surface area (Å²) in [5.74, 6) is -1.85. The van der Waals surface area contributed by atoms with E-state index in [2.05, 4.69) is 20.9 Å². The molecular weight excluding hydrogens is 592 g/mol. The first kappa shape index (κ1) is 34.0. The molecule has 1 aliphatic heterocycles. The van der Waals surface area contributed by atoms with E-state index >= 15 is 0 Å². The van der Waals surface area contributed by atoms with E-state index in [9.17, 15) is 24.0 Å². The van der Waals surface area contributed by atoms with Gasteiger partial charge in [0.2, 0.25) is 11.8 Å². The maximum absolute atomic E-state index is 13.7. The van der Waals surface area contributed by atoms with Gasteiger partial charge in [0, 0.05) is 23.4 Å². The Bertz CT molecular complexity index is 1610. The Morgan fingerprint density at radius 2 is 1.70 bits per heavy atom. The van der Waals surface area contributed by atoms with Gasteiger partial charge in [-0.1, -0.05) is 19.9 Å². The molecule has 12 nitrogen and oxygen atoms in total. The third kappa shape index (κ3) is 8.04. The number of Topliss-reactive ketones (excluding diaryl/α,β-unsaturated/α-hetero) is 1. The highest BCUT2D eigenvalue weighted by Crippen LogP contribution is 2.26. The van der Waals surface area contributed by atoms with E-state index in [-0.39, 0.29) is 30.4 Å². The highest BCUT2D eigenvalue weighted by molar-refractivity contribution is 6.02. The number of carbonyl (C=O) groups excluding carboxylic acids is 5. The van der Waals surface area contributed by atoms with Gasteiger partial charge in [-0.2, -0.15) is 0 Å². The quantitative estimate of drug-likeness (QED) is 0.196. The number of esters is 1. The molecule has 1 fully saturated rings. The molecule has 12 heteroatoms. The minimum Gasteiger partial charge on any atom is -0.497 e. The third-order valence-corrected chi connectivity index (χ3v) is 8.10. The normalized spacial score (nSPS) is 15.6. The highest BCUT2D eigenvalue weighted by atomic mass is 16.5. The summed E-state index contributed by atoms with van der Waals surface area (Å²) < 4.78 is 16.0. The number of nitrogens with one attached hydrogen (secondary N) is 4. The van der Waals surface area contributed by atoms with Gasteiger partial charge in [0.1, 0.15) is 23.2 Å². The van der Waals surface area contributed by atoms with Crippen LogP contribution in [0.1, 0.15) is 65.1 Å². The fraction of sp³-hybridized carbons (Fsp3) is 0.441. The number of aryl methyl sites for hydroxylation is 2. The standard InChI is InChI=1S/C34H42N4O8/c1-18(2)12-26(38-33(42)27-16-23-24(36-27)8-7-9-29(23)45-6)32(41)37-25(15-21-10-11-35-31(21)40)28(39)17-46-34(43)30-19(3)13-22(44-5)14-20(30)4/h7-9,13-14,16,18,21,25-26,36H,10-12,15,17H2,1-6H3,(H,35,40)(H,37,41)(H,38,42)/t21-,25-,26-/m0/s1. The van der Waals surface area contributed by atoms with E-state index < -0.39 is 48.2 Å². The highest BCUT2D eigenvalue weighted by Gasteiger charge is 2.34. The molecule has 3 amide bonds. The lowest BCUT2D eigenvalue weighted by Gasteiger charge is -2.25. The number of rotatable bonds is 14. The van der Waals surface area contributed by atoms with Gasteiger partial charge in [0.25, 0.3) is 5.91 Å². The molecule has 0 spiro atoms. The number of hydrogen-bond donors (Lipinski definition) is 4. The van der Waals surface area contributed by atoms with Gasteiger partial charge in [-0.25, -0.2) is 4.79 Å². The minimum atomic E-state index is -1.13. The molecule has 1 aromatic heterocycles. The minimum absolute atomic E-state index is 0.0190. The van der Waals surface area contributed by atoms with Crippen LogP contribution in [-0.2, 0) is 19.1 Å². The number of aromatic amines is 1. The van der Waals surface area contributed by atoms with E-state index in [0.29, 0.717) is 46.7 Å². The van der Waals surface area contributed by atoms with Gasteiger partial charge in [0.05, 0.1) is 25.8 Å². The smallest absolute Gasteiger partial charge is 0.339 e. The Morgan fingerprint density at radius 1 is 0.978 bits per heavy atom. The van der Waals surface area contributed by atoms with Crippen LogP contribution in [0.15, 0.2) is 36.4 Å². The van der Waals surface area contributed by atoms with Crippen LogP contribution in [0.2, 0.25) is 0 Å². The molecule has 4 rings (SSSR count). The van der Waals surface area contributed by atoms with Crippen molar-refractivity contribution in [1.29, 1.82) is 0 Å². The molecule has 1 saturated heterocycles. The van der Waals surface area contributed by atoms with Crippen LogP contribution in [0.4, 0.5) is 0 Å². The first-order chi connectivity index (χ1) is 21.9. The van der Waals surface area contributed by atoms with Crippen molar-refractivity contribution in [3.05, 3.63) is 58.8 Å². The average molecular weight is 635 g/mol. The number of benzene rings is 2. The Kier molecular flexibility index (Phi) is 11.0. The van der Waals surface area contributed by atoms with Crippen LogP contribution in [-0.4, -0.2) is 73.9 Å². The lowest BCUT2D eigenvalue weighted by molar-refractivity contribution is -0.131. The van der Waals surface area contributed by atoms with E-state index in [1.807, 2.05) is 19.9 Å². The molecule has 1 aliphatic rings. The van der Waals surface area contributed by atoms with Gasteiger partial charge in [-0.15, -0.1) is 0 Å². The number of aromatic nitrogens is 1. The number of ether oxygens (including phenoxy) is 3. The van der Waals surface area contributed by atoms with E-state index in [1.165, 1.54) is 7.11 Å². The fourth-order valence-electron chi connectivity index (χ4n) is 5.74. The molecule has 0 bridgehead atoms. The summed E-state index contributed by atoms with van der Waals surface area (Å²) in [5.41, 5.74) is 2.51. The molecule has 2 aromatic carbocycles. The fourth-order valence-corrected chi connectivity index (χ4v) is 5.74. The number of amides is 3. The molecule has 3 aromatic rings. The van der Waals surface area contributed by atoms with Crippen molar-refractivity contribution in [2.75, 3.05) is 27.4 Å². The number of ketones is 1. The largest absolute Gasteiger partial charge is 0.497 e. The van der Waals surface area contributed by atoms with Crippen molar-refractivity contribution >= 4 is 40.4 Å². The van der Waals surface area contributed by atoms with Crippen LogP contribution >= 0.6 is 0 Å². The zero-order valence-electron chi connectivity index (χ0n) is 27.1. The monoisotopic (exact) mass is 634 g/mol. The molecule has 246 valence electrons. The first-order valence-corrected chi connectivity index (χ1v) is 15.3. The number of methoxy groups -OCH3 is 2. The second-order valence-electron chi connectivity index (χ2n) is 12.0. The van der Waals surface area contributed by atoms with Crippen LogP contribution in [0.3, 0.4) is 0 Å². The van der Waals surface area contributed by atoms with Gasteiger partial charge in [-0.05, 0) is 80.5 Å². The molecule has 3 atom stereocenters. The topological polar surface area (TPSA) is 165 Å². The van der Waals surface area contributed by atoms with Crippen molar-refractivity contribution in [2.24, 2.45) is 11.8 Å². The van der Waals surface area contributed by atoms with Gasteiger partial charge in [-0.3, -0.25) is 19.2 Å². The summed E-state index contributed by atoms with van der Waals surface area (Å²) in [4.78, 5) is 68.9. The van der Waals surface area contributed by atoms with Crippen molar-refractivity contribution in [1.82, 2.24) is 20.9 Å². The van der Waals surface area contributed by atoms with Crippen LogP contribution in [0.5, 0.6) is 11.5 Å². The summed E-state index contributed by atoms with van der Waals surface area (Å²) in [6.07, 6.45) is 0.814. The van der Waals surface area contributed by atoms with Crippen LogP contribution < -0.4 is 25.4 Å². The molecular formula is C34H42N4O8. The maximum atomic E-state index is 13.7. The number of fused-ring (bicyclic) bond motifs is 1. The number of carbonyl (C=O) groups is 5. The SMILES string of the molecule is COc1cc(C)c(C(=O)OCC(=O)[C@H](C[C@@H]2CCNC2=O)NC(=O)[C@H](CC(C)C)NC(=O)c2cc3c(OC)cccc3[nH]2)c(C)c1. The molecule has 0 radical (unpaired) electrons. The van der Waals surface area contributed by atoms with Gasteiger partial charge >= 0.3 is 5.97 Å². The second kappa shape index (κ2) is 14.9. The van der Waals surface area contributed by atoms with E-state index in [0.717, 1.165) is 5.39 Å². The first-order valence-electron chi connectivity index (χ1n) is 15.3. The Labute approximate surface area is 267 Å². The number of H-pyrrole nitrogens is 1. The van der Waals surface area contributed by atoms with Crippen molar-refractivity contribution in [3.63, 3.8) is 0 Å². The summed E-state index contributed by atoms with van der Waals surface area (Å²) in [7, 11) is 3.07. The van der Waals surface area contributed by atoms with Crippen LogP contribution in [0, 0.1) is 25.7 Å². The molecule has 0 saturated carbocycles. The third-order valence-electron chi connectivity index (χ3n) is 8.10. The maximum Gasteiger partial charge on any atom is 0.339 e. The van der Waals surface area contributed by atoms with Gasteiger partial charge in [0.15, 0.2) is 12.4 Å². The second-order valence-corrected chi connectivity index (χ2v) is 12.0. The summed E-state index contributed by atoms with van der Waals surface area (Å²) in [6.45, 7) is 7.16. The van der Waals surface area contributed by atoms with Gasteiger partial charge < -0.3 is 35.1 Å². The predicted molar refractivity (Wildman–Crippen MR) is 171 cm³/mol. The molecule has 2 heterocycles. The Morgan fingerprint density at radius 3 is 2.30 bits per heavy atom. The number of hydrogen-bond acceptors (Lipinski definition) is 8. The molecule has 4 N–H and O–H groups in total. The van der Waals surface area contributed by atoms with Crippen molar-refractivity contribution < 1.29 is 38.2 Å². The summed E-state index contributed by atoms with van der Waals surface area (Å²) in [6, 6.07) is 8.33. The molecule has 0 unspecified atom stereocenters. The van der Waals surface area contributed by atoms with Crippen LogP contribution in [0.25, 0.3) is 10.9 Å². The van der Waals surface area contributed by atoms with Crippen molar-refractivity contribution in [3.8, 4) is 11.5 Å².